The Balaban J connectivity index is 2.14. The Labute approximate surface area is 119 Å². The molecule has 1 N–H and O–H groups in total. The van der Waals surface area contributed by atoms with Gasteiger partial charge in [0.05, 0.1) is 0 Å². The summed E-state index contributed by atoms with van der Waals surface area (Å²) >= 11 is 4.53. The highest BCUT2D eigenvalue weighted by Crippen LogP contribution is 2.27. The van der Waals surface area contributed by atoms with E-state index < -0.39 is 10.0 Å². The first kappa shape index (κ1) is 14.0. The lowest BCUT2D eigenvalue weighted by Crippen LogP contribution is -2.42. The molecule has 4 nitrogen and oxygen atoms in total. The number of hydrogen-bond donors (Lipinski definition) is 1. The first-order valence-corrected chi connectivity index (χ1v) is 8.91. The summed E-state index contributed by atoms with van der Waals surface area (Å²) in [6.45, 7) is 0. The number of hydrogen-bond acceptors (Lipinski definition) is 4. The van der Waals surface area contributed by atoms with E-state index in [1.54, 1.807) is 0 Å². The van der Waals surface area contributed by atoms with E-state index in [9.17, 15) is 8.42 Å². The summed E-state index contributed by atoms with van der Waals surface area (Å²) in [5.74, 6) is 0. The minimum absolute atomic E-state index is 0.0589. The van der Waals surface area contributed by atoms with Gasteiger partial charge in [0.25, 0.3) is 0 Å². The first-order valence-electron chi connectivity index (χ1n) is 5.69. The van der Waals surface area contributed by atoms with Gasteiger partial charge in [-0.3, -0.25) is 0 Å². The molecule has 1 aromatic heterocycles. The van der Waals surface area contributed by atoms with E-state index in [1.165, 1.54) is 12.1 Å². The molecule has 0 saturated heterocycles. The number of thiophene rings is 1. The van der Waals surface area contributed by atoms with Crippen LogP contribution in [-0.2, 0) is 10.0 Å². The maximum atomic E-state index is 12.1. The fraction of sp³-hybridized carbons (Fsp3) is 0.545. The molecule has 2 rings (SSSR count). The van der Waals surface area contributed by atoms with Gasteiger partial charge >= 0.3 is 0 Å². The molecule has 1 saturated carbocycles. The van der Waals surface area contributed by atoms with Crippen molar-refractivity contribution >= 4 is 37.3 Å². The molecule has 2 atom stereocenters. The number of sulfonamides is 1. The second-order valence-corrected chi connectivity index (χ2v) is 8.46. The van der Waals surface area contributed by atoms with Gasteiger partial charge in [-0.1, -0.05) is 28.8 Å². The molecule has 1 aromatic rings. The molecule has 0 amide bonds. The molecule has 2 unspecified atom stereocenters. The summed E-state index contributed by atoms with van der Waals surface area (Å²) in [4.78, 5) is 0.603. The average molecular weight is 349 g/mol. The third kappa shape index (κ3) is 3.12. The highest BCUT2D eigenvalue weighted by atomic mass is 79.9. The van der Waals surface area contributed by atoms with E-state index in [1.807, 2.05) is 6.07 Å². The molecule has 1 fully saturated rings. The third-order valence-corrected chi connectivity index (χ3v) is 7.01. The summed E-state index contributed by atoms with van der Waals surface area (Å²) in [5, 5.41) is 8.72. The van der Waals surface area contributed by atoms with E-state index in [0.717, 1.165) is 37.0 Å². The van der Waals surface area contributed by atoms with Crippen LogP contribution in [0.15, 0.2) is 16.3 Å². The maximum absolute atomic E-state index is 12.1. The Hall–Kier alpha value is -0.420. The predicted octanol–water partition coefficient (Wildman–Crippen LogP) is 2.60. The second-order valence-electron chi connectivity index (χ2n) is 4.26. The molecule has 7 heteroatoms. The number of halogens is 1. The number of rotatable bonds is 3. The van der Waals surface area contributed by atoms with Crippen LogP contribution in [0.5, 0.6) is 0 Å². The van der Waals surface area contributed by atoms with Crippen molar-refractivity contribution in [3.05, 3.63) is 17.0 Å². The molecule has 1 aliphatic rings. The topological polar surface area (TPSA) is 70.0 Å². The van der Waals surface area contributed by atoms with Crippen molar-refractivity contribution in [1.29, 1.82) is 5.26 Å². The molecule has 0 aliphatic heterocycles. The standard InChI is InChI=1S/C11H13BrN2O2S2/c12-9-3-1-2-4-10(9)14-18(15,16)11-6-5-8(7-13)17-11/h5-6,9-10,14H,1-4H2. The number of nitrogens with one attached hydrogen (secondary N) is 1. The Kier molecular flexibility index (Phi) is 4.43. The summed E-state index contributed by atoms with van der Waals surface area (Å²) in [6.07, 6.45) is 4.02. The smallest absolute Gasteiger partial charge is 0.206 e. The van der Waals surface area contributed by atoms with Gasteiger partial charge in [0.2, 0.25) is 10.0 Å². The van der Waals surface area contributed by atoms with Gasteiger partial charge in [-0.2, -0.15) is 5.26 Å². The van der Waals surface area contributed by atoms with Gasteiger partial charge in [-0.25, -0.2) is 13.1 Å². The summed E-state index contributed by atoms with van der Waals surface area (Å²) in [5.41, 5.74) is 0. The Morgan fingerprint density at radius 3 is 2.72 bits per heavy atom. The molecule has 1 heterocycles. The first-order chi connectivity index (χ1) is 8.53. The zero-order valence-corrected chi connectivity index (χ0v) is 12.8. The van der Waals surface area contributed by atoms with Gasteiger partial charge in [0.1, 0.15) is 15.2 Å². The van der Waals surface area contributed by atoms with Crippen molar-refractivity contribution in [1.82, 2.24) is 4.72 Å². The minimum atomic E-state index is -3.49. The van der Waals surface area contributed by atoms with Crippen molar-refractivity contribution < 1.29 is 8.42 Å². The monoisotopic (exact) mass is 348 g/mol. The van der Waals surface area contributed by atoms with Crippen LogP contribution in [0.3, 0.4) is 0 Å². The summed E-state index contributed by atoms with van der Waals surface area (Å²) < 4.78 is 27.2. The van der Waals surface area contributed by atoms with Crippen LogP contribution in [0.1, 0.15) is 30.6 Å². The lowest BCUT2D eigenvalue weighted by molar-refractivity contribution is 0.427. The van der Waals surface area contributed by atoms with Gasteiger partial charge < -0.3 is 0 Å². The minimum Gasteiger partial charge on any atom is -0.206 e. The highest BCUT2D eigenvalue weighted by molar-refractivity contribution is 9.09. The zero-order chi connectivity index (χ0) is 13.2. The largest absolute Gasteiger partial charge is 0.250 e. The van der Waals surface area contributed by atoms with Crippen LogP contribution in [-0.4, -0.2) is 19.3 Å². The predicted molar refractivity (Wildman–Crippen MR) is 74.3 cm³/mol. The highest BCUT2D eigenvalue weighted by Gasteiger charge is 2.28. The Morgan fingerprint density at radius 1 is 1.39 bits per heavy atom. The Bertz CT molecular complexity index is 562. The normalized spacial score (nSPS) is 24.7. The summed E-state index contributed by atoms with van der Waals surface area (Å²) in [7, 11) is -3.49. The molecular formula is C11H13BrN2O2S2. The molecule has 0 bridgehead atoms. The van der Waals surface area contributed by atoms with Crippen LogP contribution < -0.4 is 4.72 Å². The number of alkyl halides is 1. The maximum Gasteiger partial charge on any atom is 0.250 e. The van der Waals surface area contributed by atoms with E-state index in [0.29, 0.717) is 4.88 Å². The van der Waals surface area contributed by atoms with Gasteiger partial charge in [-0.15, -0.1) is 11.3 Å². The number of nitrogens with zero attached hydrogens (tertiary/aromatic N) is 1. The van der Waals surface area contributed by atoms with E-state index in [2.05, 4.69) is 20.7 Å². The van der Waals surface area contributed by atoms with Crippen molar-refractivity contribution in [3.8, 4) is 6.07 Å². The van der Waals surface area contributed by atoms with Crippen molar-refractivity contribution in [2.24, 2.45) is 0 Å². The lowest BCUT2D eigenvalue weighted by atomic mass is 9.96. The van der Waals surface area contributed by atoms with E-state index >= 15 is 0 Å². The molecule has 18 heavy (non-hydrogen) atoms. The fourth-order valence-corrected chi connectivity index (χ4v) is 5.33. The molecule has 0 spiro atoms. The van der Waals surface area contributed by atoms with Crippen LogP contribution in [0.4, 0.5) is 0 Å². The zero-order valence-electron chi connectivity index (χ0n) is 9.60. The van der Waals surface area contributed by atoms with Crippen LogP contribution >= 0.6 is 27.3 Å². The van der Waals surface area contributed by atoms with Crippen molar-refractivity contribution in [3.63, 3.8) is 0 Å². The van der Waals surface area contributed by atoms with Crippen LogP contribution in [0.25, 0.3) is 0 Å². The molecule has 1 aliphatic carbocycles. The van der Waals surface area contributed by atoms with Crippen LogP contribution in [0, 0.1) is 11.3 Å². The lowest BCUT2D eigenvalue weighted by Gasteiger charge is -2.27. The van der Waals surface area contributed by atoms with Crippen LogP contribution in [0.2, 0.25) is 0 Å². The quantitative estimate of drug-likeness (QED) is 0.853. The van der Waals surface area contributed by atoms with Gasteiger partial charge in [0, 0.05) is 10.9 Å². The second kappa shape index (κ2) is 5.70. The summed E-state index contributed by atoms with van der Waals surface area (Å²) in [6, 6.07) is 4.91. The molecular weight excluding hydrogens is 336 g/mol. The van der Waals surface area contributed by atoms with Crippen molar-refractivity contribution in [2.45, 2.75) is 40.8 Å². The molecule has 0 radical (unpaired) electrons. The SMILES string of the molecule is N#Cc1ccc(S(=O)(=O)NC2CCCCC2Br)s1. The fourth-order valence-electron chi connectivity index (χ4n) is 2.00. The van der Waals surface area contributed by atoms with Gasteiger partial charge in [0.15, 0.2) is 0 Å². The van der Waals surface area contributed by atoms with Gasteiger partial charge in [-0.05, 0) is 25.0 Å². The molecule has 0 aromatic carbocycles. The van der Waals surface area contributed by atoms with E-state index in [4.69, 9.17) is 5.26 Å². The number of nitriles is 1. The third-order valence-electron chi connectivity index (χ3n) is 2.94. The van der Waals surface area contributed by atoms with Crippen molar-refractivity contribution in [2.75, 3.05) is 0 Å². The Morgan fingerprint density at radius 2 is 2.11 bits per heavy atom. The average Bonchev–Trinajstić information content (AvgIpc) is 2.81. The molecule has 98 valence electrons. The van der Waals surface area contributed by atoms with E-state index in [-0.39, 0.29) is 15.1 Å².